The van der Waals surface area contributed by atoms with Gasteiger partial charge in [0, 0.05) is 6.42 Å². The smallest absolute Gasteiger partial charge is 0.338 e. The molecule has 5 nitrogen and oxygen atoms in total. The number of rotatable bonds is 10. The summed E-state index contributed by atoms with van der Waals surface area (Å²) in [6.45, 7) is 0. The molecule has 1 N–H and O–H groups in total. The van der Waals surface area contributed by atoms with Crippen LogP contribution < -0.4 is 0 Å². The van der Waals surface area contributed by atoms with Gasteiger partial charge < -0.3 is 14.7 Å². The number of halogens is 1. The molecule has 4 aromatic carbocycles. The standard InChI is InChI=1S/C31H28FNO4/c1-36-33-21-28(32)30(29(34)20-26-14-8-9-15-27(26)24-12-6-3-7-13-24)37-31(35)25-18-16-23(17-19-25)22-10-4-2-5-11-22/h2-19,21,28-30,34H,20H2,1H3/t28-,29-,30+/m1/s1. The van der Waals surface area contributed by atoms with Crippen LogP contribution in [0.25, 0.3) is 22.3 Å². The van der Waals surface area contributed by atoms with E-state index in [0.29, 0.717) is 0 Å². The van der Waals surface area contributed by atoms with Crippen LogP contribution in [-0.4, -0.2) is 42.8 Å². The summed E-state index contributed by atoms with van der Waals surface area (Å²) in [4.78, 5) is 17.5. The molecule has 0 spiro atoms. The summed E-state index contributed by atoms with van der Waals surface area (Å²) >= 11 is 0. The summed E-state index contributed by atoms with van der Waals surface area (Å²) in [6.07, 6.45) is -3.77. The Labute approximate surface area is 215 Å². The molecule has 0 heterocycles. The fraction of sp³-hybridized carbons (Fsp3) is 0.161. The number of nitrogens with zero attached hydrogens (tertiary/aromatic N) is 1. The number of benzene rings is 4. The highest BCUT2D eigenvalue weighted by Crippen LogP contribution is 2.26. The van der Waals surface area contributed by atoms with Gasteiger partial charge in [-0.2, -0.15) is 0 Å². The van der Waals surface area contributed by atoms with Crippen LogP contribution >= 0.6 is 0 Å². The number of oxime groups is 1. The van der Waals surface area contributed by atoms with Crippen molar-refractivity contribution in [3.8, 4) is 22.3 Å². The maximum atomic E-state index is 15.1. The maximum Gasteiger partial charge on any atom is 0.338 e. The Morgan fingerprint density at radius 3 is 2.05 bits per heavy atom. The van der Waals surface area contributed by atoms with Crippen LogP contribution in [0.1, 0.15) is 15.9 Å². The third-order valence-corrected chi connectivity index (χ3v) is 6.00. The Balaban J connectivity index is 1.54. The molecule has 3 atom stereocenters. The molecule has 6 heteroatoms. The first-order chi connectivity index (χ1) is 18.1. The van der Waals surface area contributed by atoms with E-state index < -0.39 is 24.3 Å². The molecule has 4 rings (SSSR count). The van der Waals surface area contributed by atoms with Gasteiger partial charge in [0.25, 0.3) is 0 Å². The van der Waals surface area contributed by atoms with Crippen LogP contribution in [0, 0.1) is 0 Å². The fourth-order valence-corrected chi connectivity index (χ4v) is 4.12. The van der Waals surface area contributed by atoms with E-state index in [4.69, 9.17) is 4.74 Å². The number of carbonyl (C=O) groups is 1. The van der Waals surface area contributed by atoms with Crippen molar-refractivity contribution in [3.05, 3.63) is 120 Å². The maximum absolute atomic E-state index is 15.1. The topological polar surface area (TPSA) is 68.1 Å². The van der Waals surface area contributed by atoms with Crippen molar-refractivity contribution in [1.29, 1.82) is 0 Å². The number of esters is 1. The molecule has 37 heavy (non-hydrogen) atoms. The van der Waals surface area contributed by atoms with Crippen LogP contribution in [0.15, 0.2) is 114 Å². The minimum absolute atomic E-state index is 0.0667. The van der Waals surface area contributed by atoms with Gasteiger partial charge in [-0.15, -0.1) is 0 Å². The number of carbonyl (C=O) groups excluding carboxylic acids is 1. The van der Waals surface area contributed by atoms with Crippen molar-refractivity contribution in [2.45, 2.75) is 24.8 Å². The van der Waals surface area contributed by atoms with Gasteiger partial charge in [0.1, 0.15) is 7.11 Å². The molecule has 0 aliphatic rings. The number of aliphatic hydroxyl groups excluding tert-OH is 1. The largest absolute Gasteiger partial charge is 0.452 e. The Morgan fingerprint density at radius 1 is 0.838 bits per heavy atom. The Bertz CT molecular complexity index is 1310. The highest BCUT2D eigenvalue weighted by atomic mass is 19.1. The van der Waals surface area contributed by atoms with Gasteiger partial charge in [0.05, 0.1) is 17.9 Å². The molecule has 0 aliphatic carbocycles. The molecule has 0 aliphatic heterocycles. The third-order valence-electron chi connectivity index (χ3n) is 6.00. The normalized spacial score (nSPS) is 13.6. The fourth-order valence-electron chi connectivity index (χ4n) is 4.12. The first-order valence-corrected chi connectivity index (χ1v) is 12.0. The molecule has 0 fully saturated rings. The van der Waals surface area contributed by atoms with Crippen LogP contribution in [0.4, 0.5) is 4.39 Å². The van der Waals surface area contributed by atoms with Gasteiger partial charge in [-0.05, 0) is 39.9 Å². The summed E-state index contributed by atoms with van der Waals surface area (Å²) < 4.78 is 20.6. The van der Waals surface area contributed by atoms with Crippen molar-refractivity contribution < 1.29 is 23.9 Å². The van der Waals surface area contributed by atoms with Crippen LogP contribution in [0.3, 0.4) is 0 Å². The number of hydrogen-bond acceptors (Lipinski definition) is 5. The molecule has 0 radical (unpaired) electrons. The molecule has 0 saturated heterocycles. The van der Waals surface area contributed by atoms with E-state index in [1.54, 1.807) is 24.3 Å². The SMILES string of the molecule is CON=C[C@@H](F)[C@H](OC(=O)c1ccc(-c2ccccc2)cc1)[C@H](O)Cc1ccccc1-c1ccccc1. The number of aliphatic hydroxyl groups is 1. The van der Waals surface area contributed by atoms with E-state index >= 15 is 4.39 Å². The second-order valence-corrected chi connectivity index (χ2v) is 8.49. The second kappa shape index (κ2) is 12.6. The van der Waals surface area contributed by atoms with Gasteiger partial charge >= 0.3 is 5.97 Å². The molecule has 4 aromatic rings. The molecule has 0 unspecified atom stereocenters. The summed E-state index contributed by atoms with van der Waals surface area (Å²) in [7, 11) is 1.28. The minimum atomic E-state index is -1.88. The summed E-state index contributed by atoms with van der Waals surface area (Å²) in [5.74, 6) is -0.742. The first kappa shape index (κ1) is 25.8. The van der Waals surface area contributed by atoms with Gasteiger partial charge in [-0.1, -0.05) is 102 Å². The van der Waals surface area contributed by atoms with Gasteiger partial charge in [0.15, 0.2) is 12.3 Å². The summed E-state index contributed by atoms with van der Waals surface area (Å²) in [5.41, 5.74) is 4.86. The lowest BCUT2D eigenvalue weighted by Gasteiger charge is -2.25. The quantitative estimate of drug-likeness (QED) is 0.163. The lowest BCUT2D eigenvalue weighted by atomic mass is 9.93. The summed E-state index contributed by atoms with van der Waals surface area (Å²) in [5, 5.41) is 14.5. The highest BCUT2D eigenvalue weighted by Gasteiger charge is 2.32. The first-order valence-electron chi connectivity index (χ1n) is 12.0. The van der Waals surface area contributed by atoms with E-state index in [2.05, 4.69) is 9.99 Å². The van der Waals surface area contributed by atoms with Crippen molar-refractivity contribution in [2.24, 2.45) is 5.16 Å². The molecule has 0 amide bonds. The van der Waals surface area contributed by atoms with E-state index in [0.717, 1.165) is 34.0 Å². The monoisotopic (exact) mass is 497 g/mol. The molecule has 0 saturated carbocycles. The van der Waals surface area contributed by atoms with Gasteiger partial charge in [-0.25, -0.2) is 9.18 Å². The number of ether oxygens (including phenoxy) is 1. The van der Waals surface area contributed by atoms with Crippen molar-refractivity contribution in [2.75, 3.05) is 7.11 Å². The van der Waals surface area contributed by atoms with Gasteiger partial charge in [-0.3, -0.25) is 0 Å². The molecule has 188 valence electrons. The zero-order chi connectivity index (χ0) is 26.0. The van der Waals surface area contributed by atoms with Crippen LogP contribution in [0.5, 0.6) is 0 Å². The van der Waals surface area contributed by atoms with Crippen molar-refractivity contribution in [1.82, 2.24) is 0 Å². The average Bonchev–Trinajstić information content (AvgIpc) is 2.95. The second-order valence-electron chi connectivity index (χ2n) is 8.49. The third kappa shape index (κ3) is 6.68. The van der Waals surface area contributed by atoms with Gasteiger partial charge in [0.2, 0.25) is 0 Å². The molecular formula is C31H28FNO4. The Hall–Kier alpha value is -4.29. The Morgan fingerprint density at radius 2 is 1.41 bits per heavy atom. The van der Waals surface area contributed by atoms with E-state index in [9.17, 15) is 9.90 Å². The van der Waals surface area contributed by atoms with E-state index in [-0.39, 0.29) is 12.0 Å². The summed E-state index contributed by atoms with van der Waals surface area (Å²) in [6, 6.07) is 33.8. The van der Waals surface area contributed by atoms with Crippen molar-refractivity contribution in [3.63, 3.8) is 0 Å². The predicted octanol–water partition coefficient (Wildman–Crippen LogP) is 6.12. The molecular weight excluding hydrogens is 469 g/mol. The average molecular weight is 498 g/mol. The Kier molecular flexibility index (Phi) is 8.79. The zero-order valence-corrected chi connectivity index (χ0v) is 20.4. The molecule has 0 bridgehead atoms. The van der Waals surface area contributed by atoms with Crippen LogP contribution in [0.2, 0.25) is 0 Å². The molecule has 0 aromatic heterocycles. The predicted molar refractivity (Wildman–Crippen MR) is 143 cm³/mol. The lowest BCUT2D eigenvalue weighted by Crippen LogP contribution is -2.41. The number of hydrogen-bond donors (Lipinski definition) is 1. The minimum Gasteiger partial charge on any atom is -0.452 e. The van der Waals surface area contributed by atoms with E-state index in [1.807, 2.05) is 84.9 Å². The highest BCUT2D eigenvalue weighted by molar-refractivity contribution is 5.90. The van der Waals surface area contributed by atoms with E-state index in [1.165, 1.54) is 7.11 Å². The van der Waals surface area contributed by atoms with Crippen LogP contribution in [-0.2, 0) is 16.0 Å². The zero-order valence-electron chi connectivity index (χ0n) is 20.4. The van der Waals surface area contributed by atoms with Crippen molar-refractivity contribution >= 4 is 12.2 Å². The lowest BCUT2D eigenvalue weighted by molar-refractivity contribution is -0.0370. The number of alkyl halides is 1.